The van der Waals surface area contributed by atoms with Crippen LogP contribution in [0.15, 0.2) is 36.9 Å². The first-order valence-corrected chi connectivity index (χ1v) is 9.62. The van der Waals surface area contributed by atoms with Gasteiger partial charge in [0.05, 0.1) is 31.2 Å². The number of hydrogen-bond donors (Lipinski definition) is 0. The van der Waals surface area contributed by atoms with Gasteiger partial charge in [0.25, 0.3) is 0 Å². The Kier molecular flexibility index (Phi) is 4.92. The van der Waals surface area contributed by atoms with E-state index < -0.39 is 5.92 Å². The summed E-state index contributed by atoms with van der Waals surface area (Å²) in [5.41, 5.74) is 0.684. The van der Waals surface area contributed by atoms with E-state index >= 15 is 0 Å². The second kappa shape index (κ2) is 6.81. The zero-order valence-electron chi connectivity index (χ0n) is 13.8. The number of halogens is 1. The summed E-state index contributed by atoms with van der Waals surface area (Å²) in [6, 6.07) is 7.29. The van der Waals surface area contributed by atoms with Crippen molar-refractivity contribution in [2.75, 3.05) is 12.9 Å². The average molecular weight is 393 g/mol. The highest BCUT2D eigenvalue weighted by atomic mass is 79.9. The first kappa shape index (κ1) is 17.4. The fourth-order valence-corrected chi connectivity index (χ4v) is 4.44. The molecule has 4 rings (SSSR count). The van der Waals surface area contributed by atoms with Gasteiger partial charge in [0, 0.05) is 11.5 Å². The number of ether oxygens (including phenoxy) is 2. The summed E-state index contributed by atoms with van der Waals surface area (Å²) < 4.78 is 11.2. The van der Waals surface area contributed by atoms with E-state index in [2.05, 4.69) is 22.5 Å². The van der Waals surface area contributed by atoms with Crippen LogP contribution in [0.2, 0.25) is 0 Å². The number of para-hydroxylation sites is 1. The molecule has 1 aliphatic carbocycles. The first-order chi connectivity index (χ1) is 11.7. The number of Topliss-reactive ketones (excluding diaryl/α,β-unsaturated/α-hetero) is 2. The van der Waals surface area contributed by atoms with Crippen molar-refractivity contribution in [1.29, 1.82) is 0 Å². The van der Waals surface area contributed by atoms with Crippen LogP contribution in [0.5, 0.6) is 5.75 Å². The molecule has 0 amide bonds. The minimum absolute atomic E-state index is 0.00508. The lowest BCUT2D eigenvalue weighted by molar-refractivity contribution is -0.127. The fourth-order valence-electron chi connectivity index (χ4n) is 4.44. The van der Waals surface area contributed by atoms with Crippen molar-refractivity contribution in [3.05, 3.63) is 42.5 Å². The molecule has 2 saturated heterocycles. The molecule has 2 bridgehead atoms. The smallest absolute Gasteiger partial charge is 0.154 e. The van der Waals surface area contributed by atoms with Crippen molar-refractivity contribution in [1.82, 2.24) is 0 Å². The Hall–Kier alpha value is -1.46. The minimum Gasteiger partial charge on any atom is -0.496 e. The van der Waals surface area contributed by atoms with Crippen molar-refractivity contribution in [2.24, 2.45) is 17.8 Å². The Morgan fingerprint density at radius 3 is 2.54 bits per heavy atom. The molecule has 3 fully saturated rings. The summed E-state index contributed by atoms with van der Waals surface area (Å²) in [6.45, 7) is 3.83. The zero-order chi connectivity index (χ0) is 17.4. The SMILES string of the molecule is C=CC1CC2OC1[C@H]1C(=O)C(c3ccccc3OC)C(=O)[C@@H]21.CBr. The number of alkyl halides is 1. The van der Waals surface area contributed by atoms with Crippen LogP contribution < -0.4 is 4.74 Å². The number of hydrogen-bond acceptors (Lipinski definition) is 4. The Labute approximate surface area is 150 Å². The van der Waals surface area contributed by atoms with Crippen LogP contribution in [-0.4, -0.2) is 36.7 Å². The van der Waals surface area contributed by atoms with Gasteiger partial charge in [-0.05, 0) is 18.3 Å². The number of benzene rings is 1. The van der Waals surface area contributed by atoms with Crippen LogP contribution in [0, 0.1) is 17.8 Å². The molecule has 4 nitrogen and oxygen atoms in total. The van der Waals surface area contributed by atoms with Crippen LogP contribution in [0.4, 0.5) is 0 Å². The van der Waals surface area contributed by atoms with E-state index in [4.69, 9.17) is 9.47 Å². The maximum absolute atomic E-state index is 12.9. The van der Waals surface area contributed by atoms with E-state index in [1.807, 2.05) is 30.1 Å². The molecule has 3 aliphatic rings. The third kappa shape index (κ3) is 2.37. The van der Waals surface area contributed by atoms with Gasteiger partial charge in [0.2, 0.25) is 0 Å². The third-order valence-corrected chi connectivity index (χ3v) is 5.38. The van der Waals surface area contributed by atoms with E-state index in [9.17, 15) is 9.59 Å². The molecule has 0 radical (unpaired) electrons. The lowest BCUT2D eigenvalue weighted by atomic mass is 9.75. The van der Waals surface area contributed by atoms with Gasteiger partial charge in [-0.25, -0.2) is 0 Å². The van der Waals surface area contributed by atoms with Crippen molar-refractivity contribution in [2.45, 2.75) is 24.5 Å². The van der Waals surface area contributed by atoms with Crippen molar-refractivity contribution >= 4 is 27.5 Å². The summed E-state index contributed by atoms with van der Waals surface area (Å²) in [5, 5.41) is 0. The maximum atomic E-state index is 12.9. The summed E-state index contributed by atoms with van der Waals surface area (Å²) in [5.74, 6) is 1.26. The van der Waals surface area contributed by atoms with Crippen LogP contribution in [0.25, 0.3) is 0 Å². The van der Waals surface area contributed by atoms with Gasteiger partial charge < -0.3 is 9.47 Å². The Bertz CT molecular complexity index is 671. The van der Waals surface area contributed by atoms with Gasteiger partial charge in [-0.1, -0.05) is 40.2 Å². The van der Waals surface area contributed by atoms with E-state index in [1.54, 1.807) is 13.2 Å². The number of methoxy groups -OCH3 is 1. The molecule has 1 aromatic rings. The molecule has 1 saturated carbocycles. The van der Waals surface area contributed by atoms with E-state index in [0.29, 0.717) is 11.3 Å². The first-order valence-electron chi connectivity index (χ1n) is 8.03. The number of carbonyl (C=O) groups is 2. The Morgan fingerprint density at radius 1 is 1.21 bits per heavy atom. The van der Waals surface area contributed by atoms with Crippen LogP contribution in [0.3, 0.4) is 0 Å². The molecule has 0 N–H and O–H groups in total. The molecule has 2 aliphatic heterocycles. The molecule has 6 atom stereocenters. The normalized spacial score (nSPS) is 36.1. The maximum Gasteiger partial charge on any atom is 0.154 e. The molecule has 128 valence electrons. The number of fused-ring (bicyclic) bond motifs is 5. The summed E-state index contributed by atoms with van der Waals surface area (Å²) in [7, 11) is 1.56. The zero-order valence-corrected chi connectivity index (χ0v) is 15.4. The molecule has 2 heterocycles. The highest BCUT2D eigenvalue weighted by Gasteiger charge is 2.65. The van der Waals surface area contributed by atoms with Crippen molar-refractivity contribution in [3.63, 3.8) is 0 Å². The average Bonchev–Trinajstić information content (AvgIpc) is 3.28. The molecule has 24 heavy (non-hydrogen) atoms. The Balaban J connectivity index is 0.000000815. The third-order valence-electron chi connectivity index (χ3n) is 5.38. The molecule has 4 unspecified atom stereocenters. The van der Waals surface area contributed by atoms with Gasteiger partial charge in [-0.3, -0.25) is 9.59 Å². The number of carbonyl (C=O) groups excluding carboxylic acids is 2. The molecule has 0 spiro atoms. The standard InChI is InChI=1S/C18H18O4.CH3Br/c1-3-9-8-12-14-15(18(9)22-12)17(20)13(16(14)19)10-6-4-5-7-11(10)21-2;1-2/h3-7,9,12-15,18H,1,8H2,2H3;1H3/t9?,12?,13?,14-,15+,18?;/m0./s1. The van der Waals surface area contributed by atoms with Gasteiger partial charge in [0.1, 0.15) is 11.7 Å². The largest absolute Gasteiger partial charge is 0.496 e. The summed E-state index contributed by atoms with van der Waals surface area (Å²) in [4.78, 5) is 25.8. The minimum atomic E-state index is -0.705. The molecule has 1 aromatic carbocycles. The second-order valence-corrected chi connectivity index (χ2v) is 6.31. The molecule has 5 heteroatoms. The fraction of sp³-hybridized carbons (Fsp3) is 0.474. The lowest BCUT2D eigenvalue weighted by Gasteiger charge is -2.23. The highest BCUT2D eigenvalue weighted by Crippen LogP contribution is 2.55. The van der Waals surface area contributed by atoms with E-state index in [1.165, 1.54) is 0 Å². The monoisotopic (exact) mass is 392 g/mol. The van der Waals surface area contributed by atoms with Crippen LogP contribution >= 0.6 is 15.9 Å². The van der Waals surface area contributed by atoms with Crippen LogP contribution in [-0.2, 0) is 14.3 Å². The lowest BCUT2D eigenvalue weighted by Crippen LogP contribution is -2.34. The van der Waals surface area contributed by atoms with Crippen molar-refractivity contribution in [3.8, 4) is 5.75 Å². The Morgan fingerprint density at radius 2 is 1.88 bits per heavy atom. The second-order valence-electron chi connectivity index (χ2n) is 6.31. The summed E-state index contributed by atoms with van der Waals surface area (Å²) >= 11 is 2.94. The van der Waals surface area contributed by atoms with Crippen LogP contribution in [0.1, 0.15) is 17.9 Å². The quantitative estimate of drug-likeness (QED) is 0.450. The predicted octanol–water partition coefficient (Wildman–Crippen LogP) is 3.15. The molecule has 0 aromatic heterocycles. The molecular formula is C19H21BrO4. The summed E-state index contributed by atoms with van der Waals surface area (Å²) in [6.07, 6.45) is 2.35. The van der Waals surface area contributed by atoms with Gasteiger partial charge in [-0.2, -0.15) is 0 Å². The predicted molar refractivity (Wildman–Crippen MR) is 94.5 cm³/mol. The van der Waals surface area contributed by atoms with Gasteiger partial charge in [0.15, 0.2) is 11.6 Å². The molecular weight excluding hydrogens is 372 g/mol. The van der Waals surface area contributed by atoms with E-state index in [-0.39, 0.29) is 41.5 Å². The topological polar surface area (TPSA) is 52.6 Å². The highest BCUT2D eigenvalue weighted by molar-refractivity contribution is 9.08. The van der Waals surface area contributed by atoms with Gasteiger partial charge in [-0.15, -0.1) is 6.58 Å². The van der Waals surface area contributed by atoms with Gasteiger partial charge >= 0.3 is 0 Å². The number of ketones is 2. The number of rotatable bonds is 3. The van der Waals surface area contributed by atoms with E-state index in [0.717, 1.165) is 6.42 Å². The van der Waals surface area contributed by atoms with Crippen molar-refractivity contribution < 1.29 is 19.1 Å².